The van der Waals surface area contributed by atoms with E-state index in [1.165, 1.54) is 24.3 Å². The summed E-state index contributed by atoms with van der Waals surface area (Å²) in [5.41, 5.74) is 0. The molecular weight excluding hydrogens is 324 g/mol. The Morgan fingerprint density at radius 3 is 2.09 bits per heavy atom. The van der Waals surface area contributed by atoms with Gasteiger partial charge in [0.1, 0.15) is 0 Å². The van der Waals surface area contributed by atoms with E-state index in [9.17, 15) is 16.8 Å². The second kappa shape index (κ2) is 6.66. The predicted molar refractivity (Wildman–Crippen MR) is 84.5 cm³/mol. The van der Waals surface area contributed by atoms with Gasteiger partial charge in [0.05, 0.1) is 9.79 Å². The lowest BCUT2D eigenvalue weighted by Gasteiger charge is -2.15. The second-order valence-corrected chi connectivity index (χ2v) is 8.93. The Morgan fingerprint density at radius 2 is 1.59 bits per heavy atom. The van der Waals surface area contributed by atoms with Crippen LogP contribution in [-0.2, 0) is 20.0 Å². The molecule has 6 nitrogen and oxygen atoms in total. The SMILES string of the molecule is CCC(CC)NS(=O)(=O)c1cccc(S(=O)(=O)NC2CC2)c1. The van der Waals surface area contributed by atoms with Crippen LogP contribution in [0.2, 0.25) is 0 Å². The van der Waals surface area contributed by atoms with Crippen molar-refractivity contribution in [2.24, 2.45) is 0 Å². The predicted octanol–water partition coefficient (Wildman–Crippen LogP) is 1.59. The van der Waals surface area contributed by atoms with E-state index >= 15 is 0 Å². The van der Waals surface area contributed by atoms with E-state index in [2.05, 4.69) is 9.44 Å². The maximum Gasteiger partial charge on any atom is 0.240 e. The van der Waals surface area contributed by atoms with E-state index in [4.69, 9.17) is 0 Å². The van der Waals surface area contributed by atoms with Crippen molar-refractivity contribution in [1.82, 2.24) is 9.44 Å². The van der Waals surface area contributed by atoms with Crippen molar-refractivity contribution < 1.29 is 16.8 Å². The van der Waals surface area contributed by atoms with Gasteiger partial charge in [0.15, 0.2) is 0 Å². The molecule has 0 unspecified atom stereocenters. The highest BCUT2D eigenvalue weighted by Crippen LogP contribution is 2.23. The van der Waals surface area contributed by atoms with Gasteiger partial charge in [-0.2, -0.15) is 0 Å². The van der Waals surface area contributed by atoms with Gasteiger partial charge < -0.3 is 0 Å². The highest BCUT2D eigenvalue weighted by molar-refractivity contribution is 7.90. The molecule has 0 radical (unpaired) electrons. The standard InChI is InChI=1S/C14H22N2O4S2/c1-3-11(4-2)15-21(17,18)13-6-5-7-14(10-13)22(19,20)16-12-8-9-12/h5-7,10-12,15-16H,3-4,8-9H2,1-2H3. The first-order valence-electron chi connectivity index (χ1n) is 7.43. The van der Waals surface area contributed by atoms with Crippen LogP contribution in [0.15, 0.2) is 34.1 Å². The first-order chi connectivity index (χ1) is 10.3. The zero-order valence-corrected chi connectivity index (χ0v) is 14.4. The number of sulfonamides is 2. The van der Waals surface area contributed by atoms with E-state index in [-0.39, 0.29) is 21.9 Å². The lowest BCUT2D eigenvalue weighted by Crippen LogP contribution is -2.34. The van der Waals surface area contributed by atoms with Gasteiger partial charge in [-0.25, -0.2) is 26.3 Å². The summed E-state index contributed by atoms with van der Waals surface area (Å²) in [5, 5.41) is 0. The van der Waals surface area contributed by atoms with Gasteiger partial charge in [0.25, 0.3) is 0 Å². The Balaban J connectivity index is 2.27. The van der Waals surface area contributed by atoms with Crippen molar-refractivity contribution in [1.29, 1.82) is 0 Å². The Bertz CT molecular complexity index is 721. The van der Waals surface area contributed by atoms with Crippen LogP contribution in [0.5, 0.6) is 0 Å². The molecule has 1 aliphatic carbocycles. The highest BCUT2D eigenvalue weighted by atomic mass is 32.2. The molecule has 1 aliphatic rings. The normalized spacial score (nSPS) is 16.1. The van der Waals surface area contributed by atoms with Gasteiger partial charge in [0, 0.05) is 12.1 Å². The average Bonchev–Trinajstić information content (AvgIpc) is 3.28. The molecule has 22 heavy (non-hydrogen) atoms. The lowest BCUT2D eigenvalue weighted by molar-refractivity contribution is 0.530. The molecule has 8 heteroatoms. The topological polar surface area (TPSA) is 92.3 Å². The molecule has 2 rings (SSSR count). The van der Waals surface area contributed by atoms with Crippen LogP contribution < -0.4 is 9.44 Å². The van der Waals surface area contributed by atoms with E-state index in [0.29, 0.717) is 12.8 Å². The molecule has 0 saturated heterocycles. The molecule has 1 saturated carbocycles. The minimum atomic E-state index is -3.72. The molecule has 0 amide bonds. The minimum absolute atomic E-state index is 0.0204. The van der Waals surface area contributed by atoms with Crippen LogP contribution >= 0.6 is 0 Å². The third-order valence-corrected chi connectivity index (χ3v) is 6.67. The summed E-state index contributed by atoms with van der Waals surface area (Å²) in [6.45, 7) is 3.80. The van der Waals surface area contributed by atoms with Crippen LogP contribution in [0.25, 0.3) is 0 Å². The minimum Gasteiger partial charge on any atom is -0.208 e. The van der Waals surface area contributed by atoms with E-state index in [1.807, 2.05) is 13.8 Å². The monoisotopic (exact) mass is 346 g/mol. The van der Waals surface area contributed by atoms with E-state index < -0.39 is 20.0 Å². The molecular formula is C14H22N2O4S2. The third kappa shape index (κ3) is 4.28. The number of rotatable bonds is 8. The Hall–Kier alpha value is -0.960. The molecule has 1 fully saturated rings. The summed E-state index contributed by atoms with van der Waals surface area (Å²) in [6.07, 6.45) is 3.01. The van der Waals surface area contributed by atoms with E-state index in [1.54, 1.807) is 0 Å². The van der Waals surface area contributed by atoms with Gasteiger partial charge in [-0.1, -0.05) is 19.9 Å². The lowest BCUT2D eigenvalue weighted by atomic mass is 10.2. The second-order valence-electron chi connectivity index (χ2n) is 5.51. The fourth-order valence-corrected chi connectivity index (χ4v) is 4.91. The van der Waals surface area contributed by atoms with Gasteiger partial charge in [-0.05, 0) is 43.9 Å². The summed E-state index contributed by atoms with van der Waals surface area (Å²) in [5.74, 6) is 0. The molecule has 2 N–H and O–H groups in total. The smallest absolute Gasteiger partial charge is 0.208 e. The molecule has 0 aromatic heterocycles. The number of nitrogens with one attached hydrogen (secondary N) is 2. The van der Waals surface area contributed by atoms with Crippen molar-refractivity contribution in [2.75, 3.05) is 0 Å². The van der Waals surface area contributed by atoms with Crippen molar-refractivity contribution in [3.63, 3.8) is 0 Å². The Kier molecular flexibility index (Phi) is 5.26. The molecule has 0 aliphatic heterocycles. The Labute approximate surface area is 132 Å². The summed E-state index contributed by atoms with van der Waals surface area (Å²) in [6, 6.07) is 5.28. The van der Waals surface area contributed by atoms with E-state index in [0.717, 1.165) is 12.8 Å². The van der Waals surface area contributed by atoms with Crippen molar-refractivity contribution in [2.45, 2.75) is 61.4 Å². The fourth-order valence-electron chi connectivity index (χ4n) is 2.04. The largest absolute Gasteiger partial charge is 0.240 e. The summed E-state index contributed by atoms with van der Waals surface area (Å²) < 4.78 is 54.2. The van der Waals surface area contributed by atoms with Gasteiger partial charge in [-0.15, -0.1) is 0 Å². The summed E-state index contributed by atoms with van der Waals surface area (Å²) in [7, 11) is -7.38. The molecule has 0 spiro atoms. The van der Waals surface area contributed by atoms with Crippen LogP contribution in [0.4, 0.5) is 0 Å². The Morgan fingerprint density at radius 1 is 1.05 bits per heavy atom. The first kappa shape index (κ1) is 17.4. The maximum absolute atomic E-state index is 12.3. The molecule has 0 bridgehead atoms. The molecule has 1 aromatic rings. The number of hydrogen-bond donors (Lipinski definition) is 2. The number of hydrogen-bond acceptors (Lipinski definition) is 4. The first-order valence-corrected chi connectivity index (χ1v) is 10.4. The van der Waals surface area contributed by atoms with Crippen molar-refractivity contribution >= 4 is 20.0 Å². The molecule has 0 heterocycles. The van der Waals surface area contributed by atoms with Gasteiger partial charge in [0.2, 0.25) is 20.0 Å². The summed E-state index contributed by atoms with van der Waals surface area (Å²) in [4.78, 5) is -0.0510. The quantitative estimate of drug-likeness (QED) is 0.748. The van der Waals surface area contributed by atoms with Gasteiger partial charge in [-0.3, -0.25) is 0 Å². The fraction of sp³-hybridized carbons (Fsp3) is 0.571. The zero-order valence-electron chi connectivity index (χ0n) is 12.7. The molecule has 124 valence electrons. The summed E-state index contributed by atoms with van der Waals surface area (Å²) >= 11 is 0. The van der Waals surface area contributed by atoms with Crippen molar-refractivity contribution in [3.8, 4) is 0 Å². The average molecular weight is 346 g/mol. The number of benzene rings is 1. The van der Waals surface area contributed by atoms with Crippen LogP contribution in [-0.4, -0.2) is 28.9 Å². The van der Waals surface area contributed by atoms with Crippen LogP contribution in [0.3, 0.4) is 0 Å². The van der Waals surface area contributed by atoms with Gasteiger partial charge >= 0.3 is 0 Å². The zero-order chi connectivity index (χ0) is 16.4. The van der Waals surface area contributed by atoms with Crippen LogP contribution in [0.1, 0.15) is 39.5 Å². The highest BCUT2D eigenvalue weighted by Gasteiger charge is 2.29. The maximum atomic E-state index is 12.3. The molecule has 1 aromatic carbocycles. The third-order valence-electron chi connectivity index (χ3n) is 3.63. The van der Waals surface area contributed by atoms with Crippen molar-refractivity contribution in [3.05, 3.63) is 24.3 Å². The van der Waals surface area contributed by atoms with Crippen LogP contribution in [0, 0.1) is 0 Å². The molecule has 0 atom stereocenters.